The van der Waals surface area contributed by atoms with E-state index < -0.39 is 33.6 Å². The standard InChI is InChI=1S/C21H30N2O5S/c1-16(19(24)22-21(2,3)4)28-20(25)18-10-13-23(14-11-18)29(26,27)15-12-17-8-6-5-7-9-17/h5-9,12,15-16,18H,10-11,13-14H2,1-4H3,(H,22,24)/b15-12+/t16-/m0/s1. The predicted octanol–water partition coefficient (Wildman–Crippen LogP) is 2.55. The summed E-state index contributed by atoms with van der Waals surface area (Å²) in [4.78, 5) is 24.4. The Morgan fingerprint density at radius 1 is 1.17 bits per heavy atom. The summed E-state index contributed by atoms with van der Waals surface area (Å²) in [6.07, 6.45) is 1.40. The van der Waals surface area contributed by atoms with E-state index in [9.17, 15) is 18.0 Å². The second-order valence-corrected chi connectivity index (χ2v) is 10.1. The van der Waals surface area contributed by atoms with Crippen LogP contribution in [-0.2, 0) is 24.3 Å². The first-order chi connectivity index (χ1) is 13.5. The van der Waals surface area contributed by atoms with E-state index >= 15 is 0 Å². The van der Waals surface area contributed by atoms with Crippen molar-refractivity contribution in [1.29, 1.82) is 0 Å². The molecule has 0 bridgehead atoms. The van der Waals surface area contributed by atoms with E-state index in [1.807, 2.05) is 51.1 Å². The maximum absolute atomic E-state index is 12.5. The number of benzene rings is 1. The monoisotopic (exact) mass is 422 g/mol. The minimum absolute atomic E-state index is 0.240. The number of nitrogens with zero attached hydrogens (tertiary/aromatic N) is 1. The van der Waals surface area contributed by atoms with E-state index in [2.05, 4.69) is 5.32 Å². The number of hydrogen-bond donors (Lipinski definition) is 1. The lowest BCUT2D eigenvalue weighted by Crippen LogP contribution is -2.47. The first kappa shape index (κ1) is 23.1. The molecule has 1 fully saturated rings. The number of esters is 1. The van der Waals surface area contributed by atoms with Crippen molar-refractivity contribution in [3.63, 3.8) is 0 Å². The van der Waals surface area contributed by atoms with Crippen molar-refractivity contribution in [3.8, 4) is 0 Å². The number of carbonyl (C=O) groups excluding carboxylic acids is 2. The van der Waals surface area contributed by atoms with Crippen molar-refractivity contribution in [2.75, 3.05) is 13.1 Å². The van der Waals surface area contributed by atoms with Crippen molar-refractivity contribution in [1.82, 2.24) is 9.62 Å². The summed E-state index contributed by atoms with van der Waals surface area (Å²) in [5, 5.41) is 3.96. The van der Waals surface area contributed by atoms with Crippen LogP contribution in [0.1, 0.15) is 46.1 Å². The first-order valence-corrected chi connectivity index (χ1v) is 11.2. The minimum atomic E-state index is -3.55. The number of sulfonamides is 1. The maximum Gasteiger partial charge on any atom is 0.309 e. The van der Waals surface area contributed by atoms with Gasteiger partial charge in [0.2, 0.25) is 10.0 Å². The van der Waals surface area contributed by atoms with Gasteiger partial charge in [-0.15, -0.1) is 0 Å². The molecule has 1 saturated heterocycles. The third-order valence-corrected chi connectivity index (χ3v) is 6.10. The number of piperidine rings is 1. The summed E-state index contributed by atoms with van der Waals surface area (Å²) in [6.45, 7) is 7.56. The highest BCUT2D eigenvalue weighted by Crippen LogP contribution is 2.22. The minimum Gasteiger partial charge on any atom is -0.452 e. The molecule has 1 aromatic rings. The molecular weight excluding hydrogens is 392 g/mol. The molecule has 0 aliphatic carbocycles. The normalized spacial score (nSPS) is 17.8. The van der Waals surface area contributed by atoms with E-state index in [1.54, 1.807) is 6.08 Å². The van der Waals surface area contributed by atoms with Crippen LogP contribution in [0.25, 0.3) is 6.08 Å². The van der Waals surface area contributed by atoms with Crippen LogP contribution in [0.3, 0.4) is 0 Å². The summed E-state index contributed by atoms with van der Waals surface area (Å²) < 4.78 is 31.7. The van der Waals surface area contributed by atoms with Crippen LogP contribution >= 0.6 is 0 Å². The lowest BCUT2D eigenvalue weighted by molar-refractivity contribution is -0.160. The van der Waals surface area contributed by atoms with E-state index in [0.717, 1.165) is 5.56 Å². The van der Waals surface area contributed by atoms with Gasteiger partial charge >= 0.3 is 5.97 Å². The summed E-state index contributed by atoms with van der Waals surface area (Å²) in [5.74, 6) is -1.22. The number of hydrogen-bond acceptors (Lipinski definition) is 5. The summed E-state index contributed by atoms with van der Waals surface area (Å²) >= 11 is 0. The van der Waals surface area contributed by atoms with E-state index in [0.29, 0.717) is 12.8 Å². The Labute approximate surface area is 173 Å². The van der Waals surface area contributed by atoms with Crippen molar-refractivity contribution >= 4 is 28.0 Å². The van der Waals surface area contributed by atoms with Gasteiger partial charge in [0.05, 0.1) is 5.92 Å². The predicted molar refractivity (Wildman–Crippen MR) is 112 cm³/mol. The number of carbonyl (C=O) groups is 2. The van der Waals surface area contributed by atoms with Gasteiger partial charge in [-0.2, -0.15) is 4.31 Å². The molecule has 7 nitrogen and oxygen atoms in total. The highest BCUT2D eigenvalue weighted by atomic mass is 32.2. The molecule has 0 aromatic heterocycles. The molecule has 1 amide bonds. The fourth-order valence-electron chi connectivity index (χ4n) is 2.96. The van der Waals surface area contributed by atoms with Crippen molar-refractivity contribution in [3.05, 3.63) is 41.3 Å². The van der Waals surface area contributed by atoms with Crippen molar-refractivity contribution in [2.24, 2.45) is 5.92 Å². The molecule has 1 aliphatic rings. The summed E-state index contributed by atoms with van der Waals surface area (Å²) in [7, 11) is -3.55. The molecule has 29 heavy (non-hydrogen) atoms. The third kappa shape index (κ3) is 7.29. The van der Waals surface area contributed by atoms with Gasteiger partial charge in [0, 0.05) is 24.0 Å². The molecule has 1 aliphatic heterocycles. The number of amides is 1. The lowest BCUT2D eigenvalue weighted by atomic mass is 9.98. The van der Waals surface area contributed by atoms with Gasteiger partial charge < -0.3 is 10.1 Å². The quantitative estimate of drug-likeness (QED) is 0.711. The highest BCUT2D eigenvalue weighted by molar-refractivity contribution is 7.92. The fourth-order valence-corrected chi connectivity index (χ4v) is 4.18. The van der Waals surface area contributed by atoms with Crippen LogP contribution in [0.15, 0.2) is 35.7 Å². The Hall–Kier alpha value is -2.19. The van der Waals surface area contributed by atoms with Crippen LogP contribution in [-0.4, -0.2) is 49.3 Å². The Balaban J connectivity index is 1.87. The van der Waals surface area contributed by atoms with Crippen LogP contribution in [0.5, 0.6) is 0 Å². The Morgan fingerprint density at radius 2 is 1.76 bits per heavy atom. The molecule has 0 spiro atoms. The fraction of sp³-hybridized carbons (Fsp3) is 0.524. The molecular formula is C21H30N2O5S. The lowest BCUT2D eigenvalue weighted by Gasteiger charge is -2.30. The van der Waals surface area contributed by atoms with Crippen LogP contribution in [0.4, 0.5) is 0 Å². The van der Waals surface area contributed by atoms with E-state index in [4.69, 9.17) is 4.74 Å². The van der Waals surface area contributed by atoms with Gasteiger partial charge in [0.25, 0.3) is 5.91 Å². The second-order valence-electron chi connectivity index (χ2n) is 8.25. The number of ether oxygens (including phenoxy) is 1. The van der Waals surface area contributed by atoms with Gasteiger partial charge in [-0.25, -0.2) is 8.42 Å². The molecule has 2 rings (SSSR count). The third-order valence-electron chi connectivity index (χ3n) is 4.54. The van der Waals surface area contributed by atoms with Crippen molar-refractivity contribution < 1.29 is 22.7 Å². The van der Waals surface area contributed by atoms with Gasteiger partial charge in [-0.3, -0.25) is 9.59 Å². The van der Waals surface area contributed by atoms with Crippen LogP contribution in [0, 0.1) is 5.92 Å². The Kier molecular flexibility index (Phi) is 7.60. The maximum atomic E-state index is 12.5. The number of nitrogens with one attached hydrogen (secondary N) is 1. The Bertz CT molecular complexity index is 836. The largest absolute Gasteiger partial charge is 0.452 e. The first-order valence-electron chi connectivity index (χ1n) is 9.74. The van der Waals surface area contributed by atoms with Gasteiger partial charge in [-0.05, 0) is 52.2 Å². The van der Waals surface area contributed by atoms with Gasteiger partial charge in [-0.1, -0.05) is 30.3 Å². The molecule has 0 radical (unpaired) electrons. The number of rotatable bonds is 6. The van der Waals surface area contributed by atoms with Crippen LogP contribution in [0.2, 0.25) is 0 Å². The van der Waals surface area contributed by atoms with Gasteiger partial charge in [0.1, 0.15) is 0 Å². The smallest absolute Gasteiger partial charge is 0.309 e. The average Bonchev–Trinajstić information content (AvgIpc) is 2.66. The molecule has 0 saturated carbocycles. The molecule has 160 valence electrons. The molecule has 1 atom stereocenters. The molecule has 0 unspecified atom stereocenters. The highest BCUT2D eigenvalue weighted by Gasteiger charge is 2.32. The van der Waals surface area contributed by atoms with Crippen LogP contribution < -0.4 is 5.32 Å². The average molecular weight is 423 g/mol. The second kappa shape index (κ2) is 9.54. The SMILES string of the molecule is C[C@H](OC(=O)C1CCN(S(=O)(=O)/C=C/c2ccccc2)CC1)C(=O)NC(C)(C)C. The molecule has 1 aromatic carbocycles. The zero-order valence-electron chi connectivity index (χ0n) is 17.4. The molecule has 8 heteroatoms. The van der Waals surface area contributed by atoms with E-state index in [1.165, 1.54) is 16.6 Å². The summed E-state index contributed by atoms with van der Waals surface area (Å²) in [5.41, 5.74) is 0.391. The summed E-state index contributed by atoms with van der Waals surface area (Å²) in [6, 6.07) is 9.19. The Morgan fingerprint density at radius 3 is 2.31 bits per heavy atom. The zero-order chi connectivity index (χ0) is 21.7. The molecule has 1 N–H and O–H groups in total. The molecule has 1 heterocycles. The topological polar surface area (TPSA) is 92.8 Å². The van der Waals surface area contributed by atoms with E-state index in [-0.39, 0.29) is 19.0 Å². The zero-order valence-corrected chi connectivity index (χ0v) is 18.2. The van der Waals surface area contributed by atoms with Crippen molar-refractivity contribution in [2.45, 2.75) is 52.2 Å². The van der Waals surface area contributed by atoms with Gasteiger partial charge in [0.15, 0.2) is 6.10 Å².